The predicted molar refractivity (Wildman–Crippen MR) is 66.6 cm³/mol. The van der Waals surface area contributed by atoms with Gasteiger partial charge in [0, 0.05) is 15.9 Å². The Labute approximate surface area is 98.2 Å². The Morgan fingerprint density at radius 2 is 2.21 bits per heavy atom. The molecule has 1 aliphatic heterocycles. The third-order valence-electron chi connectivity index (χ3n) is 2.59. The molecule has 2 nitrogen and oxygen atoms in total. The van der Waals surface area contributed by atoms with Gasteiger partial charge < -0.3 is 10.1 Å². The molecule has 1 heterocycles. The van der Waals surface area contributed by atoms with Crippen LogP contribution in [-0.4, -0.2) is 18.8 Å². The Bertz CT molecular complexity index is 316. The molecule has 1 fully saturated rings. The van der Waals surface area contributed by atoms with Crippen LogP contribution in [0.15, 0.2) is 24.3 Å². The number of anilines is 1. The molecule has 0 radical (unpaired) electrons. The summed E-state index contributed by atoms with van der Waals surface area (Å²) in [6.45, 7) is 3.00. The zero-order valence-electron chi connectivity index (χ0n) is 8.16. The van der Waals surface area contributed by atoms with Gasteiger partial charge in [0.15, 0.2) is 0 Å². The van der Waals surface area contributed by atoms with E-state index in [4.69, 9.17) is 4.74 Å². The molecule has 1 aromatic rings. The maximum absolute atomic E-state index is 5.51. The van der Waals surface area contributed by atoms with Gasteiger partial charge in [-0.15, -0.1) is 0 Å². The van der Waals surface area contributed by atoms with Gasteiger partial charge in [0.05, 0.1) is 12.1 Å². The first kappa shape index (κ1) is 10.2. The average molecular weight is 303 g/mol. The van der Waals surface area contributed by atoms with Crippen LogP contribution < -0.4 is 5.32 Å². The Hall–Kier alpha value is -0.290. The number of para-hydroxylation sites is 1. The predicted octanol–water partition coefficient (Wildman–Crippen LogP) is 2.88. The SMILES string of the molecule is C[C@H]1OCC[C@@H]1Nc1ccccc1I. The smallest absolute Gasteiger partial charge is 0.0748 e. The first-order valence-corrected chi connectivity index (χ1v) is 5.98. The second-order valence-electron chi connectivity index (χ2n) is 3.60. The molecular weight excluding hydrogens is 289 g/mol. The first-order chi connectivity index (χ1) is 6.77. The van der Waals surface area contributed by atoms with Gasteiger partial charge in [0.25, 0.3) is 0 Å². The fourth-order valence-electron chi connectivity index (χ4n) is 1.70. The quantitative estimate of drug-likeness (QED) is 0.848. The summed E-state index contributed by atoms with van der Waals surface area (Å²) >= 11 is 2.35. The zero-order valence-corrected chi connectivity index (χ0v) is 10.3. The monoisotopic (exact) mass is 303 g/mol. The van der Waals surface area contributed by atoms with Gasteiger partial charge in [0.1, 0.15) is 0 Å². The standard InChI is InChI=1S/C11H14INO/c1-8-10(6-7-14-8)13-11-5-3-2-4-9(11)12/h2-5,8,10,13H,6-7H2,1H3/t8-,10+/m1/s1. The summed E-state index contributed by atoms with van der Waals surface area (Å²) in [6, 6.07) is 8.81. The summed E-state index contributed by atoms with van der Waals surface area (Å²) in [5.74, 6) is 0. The molecule has 2 atom stereocenters. The number of rotatable bonds is 2. The van der Waals surface area contributed by atoms with E-state index in [9.17, 15) is 0 Å². The summed E-state index contributed by atoms with van der Waals surface area (Å²) in [5, 5.41) is 3.53. The molecule has 1 aliphatic rings. The highest BCUT2D eigenvalue weighted by molar-refractivity contribution is 14.1. The molecular formula is C11H14INO. The lowest BCUT2D eigenvalue weighted by molar-refractivity contribution is 0.121. The van der Waals surface area contributed by atoms with E-state index in [1.165, 1.54) is 9.26 Å². The number of hydrogen-bond donors (Lipinski definition) is 1. The van der Waals surface area contributed by atoms with E-state index < -0.39 is 0 Å². The van der Waals surface area contributed by atoms with E-state index >= 15 is 0 Å². The van der Waals surface area contributed by atoms with Crippen molar-refractivity contribution in [3.05, 3.63) is 27.8 Å². The van der Waals surface area contributed by atoms with Crippen molar-refractivity contribution >= 4 is 28.3 Å². The second-order valence-corrected chi connectivity index (χ2v) is 4.76. The number of ether oxygens (including phenoxy) is 1. The van der Waals surface area contributed by atoms with E-state index in [-0.39, 0.29) is 0 Å². The van der Waals surface area contributed by atoms with Gasteiger partial charge in [0.2, 0.25) is 0 Å². The minimum Gasteiger partial charge on any atom is -0.379 e. The average Bonchev–Trinajstić information content (AvgIpc) is 2.56. The summed E-state index contributed by atoms with van der Waals surface area (Å²) in [4.78, 5) is 0. The molecule has 0 spiro atoms. The second kappa shape index (κ2) is 4.49. The largest absolute Gasteiger partial charge is 0.379 e. The molecule has 0 aromatic heterocycles. The Balaban J connectivity index is 2.07. The van der Waals surface area contributed by atoms with Crippen molar-refractivity contribution in [2.24, 2.45) is 0 Å². The van der Waals surface area contributed by atoms with Crippen LogP contribution >= 0.6 is 22.6 Å². The first-order valence-electron chi connectivity index (χ1n) is 4.90. The van der Waals surface area contributed by atoms with Gasteiger partial charge >= 0.3 is 0 Å². The van der Waals surface area contributed by atoms with Gasteiger partial charge in [-0.25, -0.2) is 0 Å². The molecule has 0 aliphatic carbocycles. The van der Waals surface area contributed by atoms with Crippen molar-refractivity contribution in [2.45, 2.75) is 25.5 Å². The number of benzene rings is 1. The highest BCUT2D eigenvalue weighted by Gasteiger charge is 2.24. The normalized spacial score (nSPS) is 26.4. The zero-order chi connectivity index (χ0) is 9.97. The van der Waals surface area contributed by atoms with Crippen LogP contribution in [0, 0.1) is 3.57 Å². The molecule has 1 N–H and O–H groups in total. The van der Waals surface area contributed by atoms with Crippen molar-refractivity contribution in [1.29, 1.82) is 0 Å². The maximum Gasteiger partial charge on any atom is 0.0748 e. The lowest BCUT2D eigenvalue weighted by Crippen LogP contribution is -2.26. The third kappa shape index (κ3) is 2.20. The van der Waals surface area contributed by atoms with E-state index in [0.717, 1.165) is 13.0 Å². The summed E-state index contributed by atoms with van der Waals surface area (Å²) in [7, 11) is 0. The molecule has 2 rings (SSSR count). The van der Waals surface area contributed by atoms with E-state index in [1.807, 2.05) is 0 Å². The molecule has 1 aromatic carbocycles. The van der Waals surface area contributed by atoms with Gasteiger partial charge in [-0.3, -0.25) is 0 Å². The van der Waals surface area contributed by atoms with Crippen molar-refractivity contribution < 1.29 is 4.74 Å². The molecule has 3 heteroatoms. The summed E-state index contributed by atoms with van der Waals surface area (Å²) in [6.07, 6.45) is 1.43. The van der Waals surface area contributed by atoms with Gasteiger partial charge in [-0.1, -0.05) is 12.1 Å². The maximum atomic E-state index is 5.51. The molecule has 0 amide bonds. The van der Waals surface area contributed by atoms with Crippen LogP contribution in [0.4, 0.5) is 5.69 Å². The van der Waals surface area contributed by atoms with Crippen molar-refractivity contribution in [1.82, 2.24) is 0 Å². The van der Waals surface area contributed by atoms with Crippen LogP contribution in [0.5, 0.6) is 0 Å². The topological polar surface area (TPSA) is 21.3 Å². The lowest BCUT2D eigenvalue weighted by Gasteiger charge is -2.18. The number of halogens is 1. The summed E-state index contributed by atoms with van der Waals surface area (Å²) < 4.78 is 6.78. The molecule has 76 valence electrons. The van der Waals surface area contributed by atoms with Crippen LogP contribution in [0.3, 0.4) is 0 Å². The van der Waals surface area contributed by atoms with E-state index in [0.29, 0.717) is 12.1 Å². The summed E-state index contributed by atoms with van der Waals surface area (Å²) in [5.41, 5.74) is 1.22. The molecule has 1 saturated heterocycles. The highest BCUT2D eigenvalue weighted by Crippen LogP contribution is 2.22. The van der Waals surface area contributed by atoms with Gasteiger partial charge in [-0.2, -0.15) is 0 Å². The van der Waals surface area contributed by atoms with E-state index in [2.05, 4.69) is 59.1 Å². The minimum absolute atomic E-state index is 0.325. The van der Waals surface area contributed by atoms with E-state index in [1.54, 1.807) is 0 Å². The molecule has 14 heavy (non-hydrogen) atoms. The lowest BCUT2D eigenvalue weighted by atomic mass is 10.1. The highest BCUT2D eigenvalue weighted by atomic mass is 127. The fourth-order valence-corrected chi connectivity index (χ4v) is 2.24. The number of nitrogens with one attached hydrogen (secondary N) is 1. The van der Waals surface area contributed by atoms with Gasteiger partial charge in [-0.05, 0) is 48.1 Å². The van der Waals surface area contributed by atoms with Crippen LogP contribution in [0.1, 0.15) is 13.3 Å². The van der Waals surface area contributed by atoms with Crippen LogP contribution in [-0.2, 0) is 4.74 Å². The Morgan fingerprint density at radius 1 is 1.43 bits per heavy atom. The Kier molecular flexibility index (Phi) is 3.28. The van der Waals surface area contributed by atoms with Crippen molar-refractivity contribution in [2.75, 3.05) is 11.9 Å². The number of hydrogen-bond acceptors (Lipinski definition) is 2. The molecule has 0 saturated carbocycles. The molecule has 0 unspecified atom stereocenters. The van der Waals surface area contributed by atoms with Crippen LogP contribution in [0.2, 0.25) is 0 Å². The fraction of sp³-hybridized carbons (Fsp3) is 0.455. The molecule has 0 bridgehead atoms. The van der Waals surface area contributed by atoms with Crippen LogP contribution in [0.25, 0.3) is 0 Å². The Morgan fingerprint density at radius 3 is 2.86 bits per heavy atom. The minimum atomic E-state index is 0.325. The third-order valence-corrected chi connectivity index (χ3v) is 3.53. The van der Waals surface area contributed by atoms with Crippen molar-refractivity contribution in [3.8, 4) is 0 Å². The van der Waals surface area contributed by atoms with Crippen molar-refractivity contribution in [3.63, 3.8) is 0 Å².